The molecule has 2 fully saturated rings. The van der Waals surface area contributed by atoms with Crippen molar-refractivity contribution in [2.45, 2.75) is 25.1 Å². The van der Waals surface area contributed by atoms with E-state index in [1.807, 2.05) is 36.1 Å². The summed E-state index contributed by atoms with van der Waals surface area (Å²) in [7, 11) is 3.89. The van der Waals surface area contributed by atoms with E-state index >= 15 is 0 Å². The minimum atomic E-state index is 0.0867. The first-order valence-electron chi connectivity index (χ1n) is 6.70. The summed E-state index contributed by atoms with van der Waals surface area (Å²) in [6, 6.07) is 0.184. The third kappa shape index (κ3) is 2.37. The molecule has 3 rings (SSSR count). The molecule has 6 nitrogen and oxygen atoms in total. The van der Waals surface area contributed by atoms with Crippen LogP contribution in [0.15, 0.2) is 12.5 Å². The molecule has 0 unspecified atom stereocenters. The van der Waals surface area contributed by atoms with Gasteiger partial charge in [0.15, 0.2) is 0 Å². The zero-order valence-corrected chi connectivity index (χ0v) is 11.5. The second-order valence-corrected chi connectivity index (χ2v) is 5.44. The average molecular weight is 264 g/mol. The van der Waals surface area contributed by atoms with Crippen LogP contribution in [0.5, 0.6) is 0 Å². The molecule has 104 valence electrons. The first kappa shape index (κ1) is 12.6. The predicted octanol–water partition coefficient (Wildman–Crippen LogP) is -0.148. The number of nitrogens with zero attached hydrogens (tertiary/aromatic N) is 4. The maximum Gasteiger partial charge on any atom is 0.248 e. The van der Waals surface area contributed by atoms with E-state index in [4.69, 9.17) is 4.74 Å². The maximum atomic E-state index is 11.7. The Morgan fingerprint density at radius 1 is 1.47 bits per heavy atom. The molecule has 0 N–H and O–H groups in total. The molecule has 1 amide bonds. The number of carbonyl (C=O) groups is 1. The third-order valence-electron chi connectivity index (χ3n) is 4.22. The first-order chi connectivity index (χ1) is 9.15. The van der Waals surface area contributed by atoms with Gasteiger partial charge in [0, 0.05) is 39.9 Å². The van der Waals surface area contributed by atoms with Gasteiger partial charge in [-0.05, 0) is 6.42 Å². The van der Waals surface area contributed by atoms with Crippen LogP contribution in [0.1, 0.15) is 12.1 Å². The lowest BCUT2D eigenvalue weighted by molar-refractivity contribution is -0.160. The molecule has 0 saturated carbocycles. The lowest BCUT2D eigenvalue weighted by atomic mass is 9.99. The summed E-state index contributed by atoms with van der Waals surface area (Å²) in [4.78, 5) is 20.1. The van der Waals surface area contributed by atoms with E-state index in [1.54, 1.807) is 0 Å². The molecule has 2 atom stereocenters. The maximum absolute atomic E-state index is 11.7. The molecule has 2 aliphatic heterocycles. The summed E-state index contributed by atoms with van der Waals surface area (Å²) in [5.41, 5.74) is 1.20. The van der Waals surface area contributed by atoms with Gasteiger partial charge in [0.25, 0.3) is 0 Å². The van der Waals surface area contributed by atoms with Gasteiger partial charge in [-0.25, -0.2) is 4.98 Å². The van der Waals surface area contributed by atoms with Crippen LogP contribution in [0, 0.1) is 0 Å². The van der Waals surface area contributed by atoms with E-state index in [9.17, 15) is 4.79 Å². The Morgan fingerprint density at radius 3 is 3.05 bits per heavy atom. The molecule has 1 aromatic heterocycles. The fourth-order valence-electron chi connectivity index (χ4n) is 2.92. The van der Waals surface area contributed by atoms with Crippen molar-refractivity contribution in [3.8, 4) is 0 Å². The van der Waals surface area contributed by atoms with Crippen LogP contribution in [-0.2, 0) is 23.1 Å². The van der Waals surface area contributed by atoms with E-state index in [2.05, 4.69) is 9.88 Å². The van der Waals surface area contributed by atoms with Crippen molar-refractivity contribution < 1.29 is 9.53 Å². The monoisotopic (exact) mass is 264 g/mol. The number of hydrogen-bond donors (Lipinski definition) is 0. The Labute approximate surface area is 113 Å². The SMILES string of the molecule is CN1C(=O)CO[C@@H]2CCN(Cc3cncn3C)C[C@@H]21. The number of piperidine rings is 1. The van der Waals surface area contributed by atoms with Gasteiger partial charge in [0.1, 0.15) is 6.61 Å². The van der Waals surface area contributed by atoms with Crippen molar-refractivity contribution in [1.29, 1.82) is 0 Å². The average Bonchev–Trinajstić information content (AvgIpc) is 2.80. The zero-order valence-electron chi connectivity index (χ0n) is 11.5. The number of carbonyl (C=O) groups excluding carboxylic acids is 1. The first-order valence-corrected chi connectivity index (χ1v) is 6.70. The highest BCUT2D eigenvalue weighted by molar-refractivity contribution is 5.78. The number of morpholine rings is 1. The van der Waals surface area contributed by atoms with E-state index in [-0.39, 0.29) is 24.7 Å². The quantitative estimate of drug-likeness (QED) is 0.745. The molecule has 1 aromatic rings. The topological polar surface area (TPSA) is 50.6 Å². The molecule has 0 spiro atoms. The van der Waals surface area contributed by atoms with Crippen molar-refractivity contribution in [3.05, 3.63) is 18.2 Å². The molecule has 0 aromatic carbocycles. The van der Waals surface area contributed by atoms with Crippen LogP contribution in [-0.4, -0.2) is 64.1 Å². The highest BCUT2D eigenvalue weighted by atomic mass is 16.5. The molecule has 19 heavy (non-hydrogen) atoms. The lowest BCUT2D eigenvalue weighted by Crippen LogP contribution is -2.60. The Balaban J connectivity index is 1.67. The van der Waals surface area contributed by atoms with Crippen molar-refractivity contribution >= 4 is 5.91 Å². The van der Waals surface area contributed by atoms with Crippen LogP contribution in [0.2, 0.25) is 0 Å². The fourth-order valence-corrected chi connectivity index (χ4v) is 2.92. The normalized spacial score (nSPS) is 28.5. The molecule has 3 heterocycles. The van der Waals surface area contributed by atoms with Crippen molar-refractivity contribution in [2.24, 2.45) is 7.05 Å². The molecular formula is C13H20N4O2. The molecule has 0 radical (unpaired) electrons. The lowest BCUT2D eigenvalue weighted by Gasteiger charge is -2.45. The molecular weight excluding hydrogens is 244 g/mol. The summed E-state index contributed by atoms with van der Waals surface area (Å²) in [5, 5.41) is 0. The summed E-state index contributed by atoms with van der Waals surface area (Å²) < 4.78 is 7.68. The van der Waals surface area contributed by atoms with Gasteiger partial charge in [-0.2, -0.15) is 0 Å². The third-order valence-corrected chi connectivity index (χ3v) is 4.22. The minimum absolute atomic E-state index is 0.0867. The van der Waals surface area contributed by atoms with Crippen molar-refractivity contribution in [2.75, 3.05) is 26.7 Å². The number of hydrogen-bond acceptors (Lipinski definition) is 4. The molecule has 2 saturated heterocycles. The zero-order chi connectivity index (χ0) is 13.4. The van der Waals surface area contributed by atoms with Crippen LogP contribution in [0.3, 0.4) is 0 Å². The standard InChI is InChI=1S/C13H20N4O2/c1-15-9-14-5-10(15)6-17-4-3-12-11(7-17)16(2)13(18)8-19-12/h5,9,11-12H,3-4,6-8H2,1-2H3/t11-,12+/m0/s1. The van der Waals surface area contributed by atoms with E-state index < -0.39 is 0 Å². The van der Waals surface area contributed by atoms with Crippen LogP contribution in [0.25, 0.3) is 0 Å². The van der Waals surface area contributed by atoms with E-state index in [0.29, 0.717) is 0 Å². The largest absolute Gasteiger partial charge is 0.366 e. The summed E-state index contributed by atoms with van der Waals surface area (Å²) >= 11 is 0. The van der Waals surface area contributed by atoms with Crippen molar-refractivity contribution in [3.63, 3.8) is 0 Å². The number of likely N-dealkylation sites (tertiary alicyclic amines) is 1. The molecule has 2 aliphatic rings. The second-order valence-electron chi connectivity index (χ2n) is 5.44. The van der Waals surface area contributed by atoms with Gasteiger partial charge in [-0.15, -0.1) is 0 Å². The molecule has 6 heteroatoms. The van der Waals surface area contributed by atoms with Gasteiger partial charge in [0.2, 0.25) is 5.91 Å². The summed E-state index contributed by atoms with van der Waals surface area (Å²) in [6.45, 7) is 2.99. The fraction of sp³-hybridized carbons (Fsp3) is 0.692. The van der Waals surface area contributed by atoms with E-state index in [1.165, 1.54) is 5.69 Å². The number of ether oxygens (including phenoxy) is 1. The number of likely N-dealkylation sites (N-methyl/N-ethyl adjacent to an activating group) is 1. The van der Waals surface area contributed by atoms with Gasteiger partial charge >= 0.3 is 0 Å². The smallest absolute Gasteiger partial charge is 0.248 e. The Morgan fingerprint density at radius 2 is 2.32 bits per heavy atom. The Hall–Kier alpha value is -1.40. The number of rotatable bonds is 2. The number of imidazole rings is 1. The molecule has 0 bridgehead atoms. The van der Waals surface area contributed by atoms with Gasteiger partial charge < -0.3 is 14.2 Å². The van der Waals surface area contributed by atoms with Crippen LogP contribution >= 0.6 is 0 Å². The minimum Gasteiger partial charge on any atom is -0.366 e. The number of fused-ring (bicyclic) bond motifs is 1. The summed E-state index contributed by atoms with van der Waals surface area (Å²) in [5.74, 6) is 0.0867. The van der Waals surface area contributed by atoms with Gasteiger partial charge in [0.05, 0.1) is 24.2 Å². The Bertz CT molecular complexity index is 473. The van der Waals surface area contributed by atoms with Gasteiger partial charge in [-0.3, -0.25) is 9.69 Å². The highest BCUT2D eigenvalue weighted by Gasteiger charge is 2.38. The van der Waals surface area contributed by atoms with Crippen LogP contribution in [0.4, 0.5) is 0 Å². The molecule has 0 aliphatic carbocycles. The van der Waals surface area contributed by atoms with Crippen LogP contribution < -0.4 is 0 Å². The number of aryl methyl sites for hydroxylation is 1. The van der Waals surface area contributed by atoms with Crippen molar-refractivity contribution in [1.82, 2.24) is 19.4 Å². The summed E-state index contributed by atoms with van der Waals surface area (Å²) in [6.07, 6.45) is 4.91. The van der Waals surface area contributed by atoms with E-state index in [0.717, 1.165) is 26.1 Å². The van der Waals surface area contributed by atoms with Gasteiger partial charge in [-0.1, -0.05) is 0 Å². The predicted molar refractivity (Wildman–Crippen MR) is 69.4 cm³/mol. The number of aromatic nitrogens is 2. The number of amides is 1. The second kappa shape index (κ2) is 4.94. The Kier molecular flexibility index (Phi) is 3.28. The highest BCUT2D eigenvalue weighted by Crippen LogP contribution is 2.23.